The first-order chi connectivity index (χ1) is 9.20. The van der Waals surface area contributed by atoms with Crippen molar-refractivity contribution in [2.75, 3.05) is 0 Å². The number of ketones is 4. The average molecular weight is 282 g/mol. The molecule has 0 aromatic rings. The van der Waals surface area contributed by atoms with Gasteiger partial charge in [0.05, 0.1) is 0 Å². The standard InChI is InChI=1S/C16H26O4/c1-11(7-13(3)17)9-15(19)5-6-16(20)10-12(2)8-14(4)18/h11-12H,5-10H2,1-4H3. The summed E-state index contributed by atoms with van der Waals surface area (Å²) in [4.78, 5) is 45.2. The first-order valence-corrected chi connectivity index (χ1v) is 7.23. The molecule has 2 atom stereocenters. The molecule has 0 fully saturated rings. The number of hydrogen-bond acceptors (Lipinski definition) is 4. The number of rotatable bonds is 11. The van der Waals surface area contributed by atoms with Gasteiger partial charge in [-0.3, -0.25) is 9.59 Å². The van der Waals surface area contributed by atoms with Gasteiger partial charge < -0.3 is 9.59 Å². The lowest BCUT2D eigenvalue weighted by molar-refractivity contribution is -0.126. The topological polar surface area (TPSA) is 68.3 Å². The molecule has 114 valence electrons. The molecule has 2 unspecified atom stereocenters. The first-order valence-electron chi connectivity index (χ1n) is 7.23. The Balaban J connectivity index is 3.91. The van der Waals surface area contributed by atoms with Crippen molar-refractivity contribution < 1.29 is 19.2 Å². The van der Waals surface area contributed by atoms with Crippen molar-refractivity contribution in [1.82, 2.24) is 0 Å². The van der Waals surface area contributed by atoms with Crippen LogP contribution in [0.3, 0.4) is 0 Å². The maximum atomic E-state index is 11.7. The summed E-state index contributed by atoms with van der Waals surface area (Å²) in [6, 6.07) is 0. The third-order valence-corrected chi connectivity index (χ3v) is 3.11. The van der Waals surface area contributed by atoms with Gasteiger partial charge >= 0.3 is 0 Å². The fourth-order valence-corrected chi connectivity index (χ4v) is 2.39. The molecular formula is C16H26O4. The summed E-state index contributed by atoms with van der Waals surface area (Å²) in [5.41, 5.74) is 0. The van der Waals surface area contributed by atoms with E-state index < -0.39 is 0 Å². The third kappa shape index (κ3) is 10.6. The van der Waals surface area contributed by atoms with Crippen molar-refractivity contribution in [3.05, 3.63) is 0 Å². The molecule has 0 N–H and O–H groups in total. The van der Waals surface area contributed by atoms with Crippen molar-refractivity contribution in [1.29, 1.82) is 0 Å². The van der Waals surface area contributed by atoms with Gasteiger partial charge in [-0.1, -0.05) is 13.8 Å². The van der Waals surface area contributed by atoms with E-state index in [2.05, 4.69) is 0 Å². The van der Waals surface area contributed by atoms with E-state index in [1.807, 2.05) is 13.8 Å². The van der Waals surface area contributed by atoms with Crippen molar-refractivity contribution >= 4 is 23.1 Å². The number of hydrogen-bond donors (Lipinski definition) is 0. The van der Waals surface area contributed by atoms with Gasteiger partial charge in [0.2, 0.25) is 0 Å². The highest BCUT2D eigenvalue weighted by Crippen LogP contribution is 2.14. The van der Waals surface area contributed by atoms with Crippen molar-refractivity contribution in [2.45, 2.75) is 66.2 Å². The monoisotopic (exact) mass is 282 g/mol. The second-order valence-electron chi connectivity index (χ2n) is 6.01. The van der Waals surface area contributed by atoms with E-state index in [1.54, 1.807) is 0 Å². The van der Waals surface area contributed by atoms with E-state index in [0.717, 1.165) is 0 Å². The van der Waals surface area contributed by atoms with Crippen LogP contribution in [-0.2, 0) is 19.2 Å². The lowest BCUT2D eigenvalue weighted by atomic mass is 9.94. The van der Waals surface area contributed by atoms with Crippen LogP contribution in [0.5, 0.6) is 0 Å². The number of carbonyl (C=O) groups excluding carboxylic acids is 4. The normalized spacial score (nSPS) is 13.6. The minimum absolute atomic E-state index is 0.0336. The Labute approximate surface area is 121 Å². The molecule has 0 saturated heterocycles. The molecule has 0 aromatic carbocycles. The molecule has 0 aliphatic heterocycles. The van der Waals surface area contributed by atoms with E-state index in [9.17, 15) is 19.2 Å². The molecular weight excluding hydrogens is 256 g/mol. The molecule has 0 aliphatic rings. The van der Waals surface area contributed by atoms with Crippen LogP contribution in [0.25, 0.3) is 0 Å². The molecule has 20 heavy (non-hydrogen) atoms. The fraction of sp³-hybridized carbons (Fsp3) is 0.750. The van der Waals surface area contributed by atoms with Crippen molar-refractivity contribution in [3.63, 3.8) is 0 Å². The van der Waals surface area contributed by atoms with Gasteiger partial charge in [0, 0.05) is 38.5 Å². The zero-order valence-corrected chi connectivity index (χ0v) is 13.0. The summed E-state index contributed by atoms with van der Waals surface area (Å²) in [7, 11) is 0. The predicted octanol–water partition coefficient (Wildman–Crippen LogP) is 2.92. The van der Waals surface area contributed by atoms with Crippen LogP contribution in [0.4, 0.5) is 0 Å². The highest BCUT2D eigenvalue weighted by Gasteiger charge is 2.15. The van der Waals surface area contributed by atoms with Gasteiger partial charge in [-0.05, 0) is 25.7 Å². The molecule has 4 heteroatoms. The van der Waals surface area contributed by atoms with Crippen LogP contribution >= 0.6 is 0 Å². The van der Waals surface area contributed by atoms with E-state index in [0.29, 0.717) is 25.7 Å². The molecule has 0 saturated carbocycles. The van der Waals surface area contributed by atoms with E-state index in [-0.39, 0.29) is 47.8 Å². The average Bonchev–Trinajstić information content (AvgIpc) is 2.23. The lowest BCUT2D eigenvalue weighted by Crippen LogP contribution is -2.12. The van der Waals surface area contributed by atoms with Crippen LogP contribution in [-0.4, -0.2) is 23.1 Å². The van der Waals surface area contributed by atoms with Crippen molar-refractivity contribution in [3.8, 4) is 0 Å². The Morgan fingerprint density at radius 2 is 0.950 bits per heavy atom. The van der Waals surface area contributed by atoms with Crippen LogP contribution in [0.1, 0.15) is 66.2 Å². The summed E-state index contributed by atoms with van der Waals surface area (Å²) in [5.74, 6) is 0.329. The molecule has 0 aromatic heterocycles. The maximum Gasteiger partial charge on any atom is 0.133 e. The Kier molecular flexibility index (Phi) is 8.93. The van der Waals surface area contributed by atoms with Crippen molar-refractivity contribution in [2.24, 2.45) is 11.8 Å². The quantitative estimate of drug-likeness (QED) is 0.584. The van der Waals surface area contributed by atoms with Crippen LogP contribution < -0.4 is 0 Å². The Morgan fingerprint density at radius 3 is 1.20 bits per heavy atom. The van der Waals surface area contributed by atoms with Gasteiger partial charge in [-0.2, -0.15) is 0 Å². The summed E-state index contributed by atoms with van der Waals surface area (Å²) >= 11 is 0. The molecule has 0 aliphatic carbocycles. The summed E-state index contributed by atoms with van der Waals surface area (Å²) < 4.78 is 0. The second-order valence-corrected chi connectivity index (χ2v) is 6.01. The summed E-state index contributed by atoms with van der Waals surface area (Å²) in [6.45, 7) is 6.77. The number of carbonyl (C=O) groups is 4. The largest absolute Gasteiger partial charge is 0.300 e. The Hall–Kier alpha value is -1.32. The van der Waals surface area contributed by atoms with Crippen LogP contribution in [0.15, 0.2) is 0 Å². The minimum Gasteiger partial charge on any atom is -0.300 e. The van der Waals surface area contributed by atoms with Gasteiger partial charge in [0.25, 0.3) is 0 Å². The predicted molar refractivity (Wildman–Crippen MR) is 77.4 cm³/mol. The van der Waals surface area contributed by atoms with E-state index in [4.69, 9.17) is 0 Å². The third-order valence-electron chi connectivity index (χ3n) is 3.11. The highest BCUT2D eigenvalue weighted by atomic mass is 16.1. The molecule has 0 heterocycles. The summed E-state index contributed by atoms with van der Waals surface area (Å²) in [5, 5.41) is 0. The van der Waals surface area contributed by atoms with E-state index >= 15 is 0 Å². The fourth-order valence-electron chi connectivity index (χ4n) is 2.39. The SMILES string of the molecule is CC(=O)CC(C)CC(=O)CCC(=O)CC(C)CC(C)=O. The molecule has 4 nitrogen and oxygen atoms in total. The van der Waals surface area contributed by atoms with Gasteiger partial charge in [-0.15, -0.1) is 0 Å². The highest BCUT2D eigenvalue weighted by molar-refractivity contribution is 5.87. The second kappa shape index (κ2) is 9.56. The molecule has 0 bridgehead atoms. The maximum absolute atomic E-state index is 11.7. The smallest absolute Gasteiger partial charge is 0.133 e. The molecule has 0 amide bonds. The zero-order valence-electron chi connectivity index (χ0n) is 13.0. The first kappa shape index (κ1) is 18.7. The van der Waals surface area contributed by atoms with E-state index in [1.165, 1.54) is 13.8 Å². The van der Waals surface area contributed by atoms with Gasteiger partial charge in [-0.25, -0.2) is 0 Å². The Morgan fingerprint density at radius 1 is 0.650 bits per heavy atom. The van der Waals surface area contributed by atoms with Crippen LogP contribution in [0, 0.1) is 11.8 Å². The molecule has 0 radical (unpaired) electrons. The molecule has 0 spiro atoms. The number of Topliss-reactive ketones (excluding diaryl/α,β-unsaturated/α-hetero) is 4. The van der Waals surface area contributed by atoms with Crippen LogP contribution in [0.2, 0.25) is 0 Å². The minimum atomic E-state index is 0.0336. The van der Waals surface area contributed by atoms with Gasteiger partial charge in [0.1, 0.15) is 23.1 Å². The zero-order chi connectivity index (χ0) is 15.7. The lowest BCUT2D eigenvalue weighted by Gasteiger charge is -2.09. The Bertz CT molecular complexity index is 335. The van der Waals surface area contributed by atoms with Gasteiger partial charge in [0.15, 0.2) is 0 Å². The summed E-state index contributed by atoms with van der Waals surface area (Å²) in [6.07, 6.45) is 2.03. The molecule has 0 rings (SSSR count).